The smallest absolute Gasteiger partial charge is 0.272 e. The Labute approximate surface area is 189 Å². The van der Waals surface area contributed by atoms with Gasteiger partial charge in [-0.15, -0.1) is 0 Å². The fourth-order valence-electron chi connectivity index (χ4n) is 5.03. The Hall–Kier alpha value is -3.43. The van der Waals surface area contributed by atoms with E-state index in [1.807, 2.05) is 7.05 Å². The normalized spacial score (nSPS) is 20.5. The summed E-state index contributed by atoms with van der Waals surface area (Å²) in [5.74, 6) is -0.0501. The van der Waals surface area contributed by atoms with Crippen LogP contribution in [0, 0.1) is 5.82 Å². The van der Waals surface area contributed by atoms with Crippen molar-refractivity contribution in [3.05, 3.63) is 87.1 Å². The maximum absolute atomic E-state index is 14.4. The SMILES string of the molecule is Cn1ncnc1C1c2n[nH]c(=O)c3cc(F)cc(c23)CNC1c1ccc(CN2CCC2)cc1. The lowest BCUT2D eigenvalue weighted by Crippen LogP contribution is -2.36. The molecule has 0 spiro atoms. The molecule has 2 aromatic heterocycles. The number of H-pyrrole nitrogens is 1. The zero-order valence-corrected chi connectivity index (χ0v) is 18.3. The quantitative estimate of drug-likeness (QED) is 0.501. The second kappa shape index (κ2) is 7.86. The maximum atomic E-state index is 14.4. The molecule has 2 aliphatic rings. The molecule has 2 aromatic carbocycles. The van der Waals surface area contributed by atoms with Gasteiger partial charge in [0.15, 0.2) is 0 Å². The lowest BCUT2D eigenvalue weighted by molar-refractivity contribution is 0.172. The number of halogens is 1. The number of rotatable bonds is 4. The van der Waals surface area contributed by atoms with Crippen LogP contribution in [-0.4, -0.2) is 43.0 Å². The van der Waals surface area contributed by atoms with Gasteiger partial charge in [0.05, 0.1) is 17.0 Å². The van der Waals surface area contributed by atoms with E-state index in [9.17, 15) is 9.18 Å². The fraction of sp³-hybridized carbons (Fsp3) is 0.333. The van der Waals surface area contributed by atoms with Crippen molar-refractivity contribution in [2.75, 3.05) is 13.1 Å². The molecule has 2 aliphatic heterocycles. The van der Waals surface area contributed by atoms with E-state index in [1.165, 1.54) is 30.4 Å². The van der Waals surface area contributed by atoms with Gasteiger partial charge in [0.2, 0.25) is 0 Å². The first-order chi connectivity index (χ1) is 16.1. The first kappa shape index (κ1) is 20.2. The number of benzene rings is 2. The minimum Gasteiger partial charge on any atom is -0.305 e. The topological polar surface area (TPSA) is 91.7 Å². The average Bonchev–Trinajstić information content (AvgIpc) is 3.13. The number of aryl methyl sites for hydroxylation is 1. The molecular formula is C24H24FN7O. The molecule has 1 fully saturated rings. The molecule has 0 radical (unpaired) electrons. The molecule has 4 heterocycles. The Morgan fingerprint density at radius 3 is 2.70 bits per heavy atom. The molecule has 33 heavy (non-hydrogen) atoms. The van der Waals surface area contributed by atoms with Gasteiger partial charge < -0.3 is 5.32 Å². The number of aromatic nitrogens is 5. The molecule has 6 rings (SSSR count). The Morgan fingerprint density at radius 1 is 1.18 bits per heavy atom. The summed E-state index contributed by atoms with van der Waals surface area (Å²) < 4.78 is 16.1. The number of hydrogen-bond donors (Lipinski definition) is 2. The molecule has 2 N–H and O–H groups in total. The molecule has 4 aromatic rings. The molecule has 8 nitrogen and oxygen atoms in total. The summed E-state index contributed by atoms with van der Waals surface area (Å²) >= 11 is 0. The highest BCUT2D eigenvalue weighted by molar-refractivity contribution is 5.88. The molecule has 0 amide bonds. The molecule has 2 unspecified atom stereocenters. The van der Waals surface area contributed by atoms with Crippen LogP contribution < -0.4 is 10.9 Å². The summed E-state index contributed by atoms with van der Waals surface area (Å²) in [5, 5.41) is 15.9. The Balaban J connectivity index is 1.50. The van der Waals surface area contributed by atoms with Gasteiger partial charge in [-0.05, 0) is 48.3 Å². The first-order valence-corrected chi connectivity index (χ1v) is 11.2. The number of hydrogen-bond acceptors (Lipinski definition) is 6. The Kier molecular flexibility index (Phi) is 4.81. The lowest BCUT2D eigenvalue weighted by Gasteiger charge is -2.31. The van der Waals surface area contributed by atoms with Crippen LogP contribution in [0.2, 0.25) is 0 Å². The van der Waals surface area contributed by atoms with Gasteiger partial charge in [-0.2, -0.15) is 10.2 Å². The van der Waals surface area contributed by atoms with E-state index in [2.05, 4.69) is 54.8 Å². The first-order valence-electron chi connectivity index (χ1n) is 11.2. The molecule has 0 saturated carbocycles. The second-order valence-corrected chi connectivity index (χ2v) is 8.87. The van der Waals surface area contributed by atoms with E-state index in [1.54, 1.807) is 4.68 Å². The van der Waals surface area contributed by atoms with Gasteiger partial charge in [-0.25, -0.2) is 14.5 Å². The van der Waals surface area contributed by atoms with Gasteiger partial charge in [0.25, 0.3) is 5.56 Å². The van der Waals surface area contributed by atoms with Crippen molar-refractivity contribution in [2.24, 2.45) is 7.05 Å². The van der Waals surface area contributed by atoms with Crippen LogP contribution in [0.1, 0.15) is 46.6 Å². The third kappa shape index (κ3) is 3.44. The van der Waals surface area contributed by atoms with Crippen LogP contribution in [0.15, 0.2) is 47.5 Å². The molecule has 168 valence electrons. The summed E-state index contributed by atoms with van der Waals surface area (Å²) in [5.41, 5.74) is 3.32. The van der Waals surface area contributed by atoms with Crippen molar-refractivity contribution in [1.82, 2.24) is 35.2 Å². The number of nitrogens with zero attached hydrogens (tertiary/aromatic N) is 5. The van der Waals surface area contributed by atoms with E-state index in [4.69, 9.17) is 0 Å². The molecule has 0 aliphatic carbocycles. The van der Waals surface area contributed by atoms with Gasteiger partial charge in [0, 0.05) is 31.6 Å². The summed E-state index contributed by atoms with van der Waals surface area (Å²) in [6.45, 7) is 3.67. The van der Waals surface area contributed by atoms with Crippen molar-refractivity contribution in [2.45, 2.75) is 31.5 Å². The van der Waals surface area contributed by atoms with E-state index in [0.29, 0.717) is 28.6 Å². The number of nitrogens with one attached hydrogen (secondary N) is 2. The highest BCUT2D eigenvalue weighted by Gasteiger charge is 2.36. The maximum Gasteiger partial charge on any atom is 0.272 e. The van der Waals surface area contributed by atoms with Crippen LogP contribution in [0.4, 0.5) is 4.39 Å². The van der Waals surface area contributed by atoms with Gasteiger partial charge in [-0.3, -0.25) is 14.4 Å². The minimum absolute atomic E-state index is 0.192. The number of likely N-dealkylation sites (tertiary alicyclic amines) is 1. The minimum atomic E-state index is -0.439. The second-order valence-electron chi connectivity index (χ2n) is 8.87. The number of aromatic amines is 1. The van der Waals surface area contributed by atoms with Crippen LogP contribution in [0.3, 0.4) is 0 Å². The van der Waals surface area contributed by atoms with Crippen molar-refractivity contribution in [3.63, 3.8) is 0 Å². The molecule has 9 heteroatoms. The standard InChI is InChI=1S/C24H24FN7O/c1-31-23(27-13-28-31)20-21(15-5-3-14(4-6-15)12-32-7-2-8-32)26-11-16-9-17(25)10-18-19(16)22(20)29-30-24(18)33/h3-6,9-10,13,20-21,26H,2,7-8,11-12H2,1H3,(H,30,33). The predicted molar refractivity (Wildman–Crippen MR) is 121 cm³/mol. The van der Waals surface area contributed by atoms with E-state index in [0.717, 1.165) is 31.0 Å². The zero-order valence-electron chi connectivity index (χ0n) is 18.3. The summed E-state index contributed by atoms with van der Waals surface area (Å²) in [4.78, 5) is 19.5. The van der Waals surface area contributed by atoms with E-state index >= 15 is 0 Å². The van der Waals surface area contributed by atoms with Crippen LogP contribution in [0.5, 0.6) is 0 Å². The fourth-order valence-corrected chi connectivity index (χ4v) is 5.03. The molecule has 0 bridgehead atoms. The monoisotopic (exact) mass is 445 g/mol. The van der Waals surface area contributed by atoms with Gasteiger partial charge in [0.1, 0.15) is 18.0 Å². The summed E-state index contributed by atoms with van der Waals surface area (Å²) in [6.07, 6.45) is 2.78. The Morgan fingerprint density at radius 2 is 2.00 bits per heavy atom. The highest BCUT2D eigenvalue weighted by atomic mass is 19.1. The van der Waals surface area contributed by atoms with Crippen LogP contribution in [0.25, 0.3) is 10.8 Å². The highest BCUT2D eigenvalue weighted by Crippen LogP contribution is 2.40. The largest absolute Gasteiger partial charge is 0.305 e. The van der Waals surface area contributed by atoms with Crippen LogP contribution in [-0.2, 0) is 20.1 Å². The van der Waals surface area contributed by atoms with E-state index in [-0.39, 0.29) is 12.0 Å². The third-order valence-corrected chi connectivity index (χ3v) is 6.82. The van der Waals surface area contributed by atoms with Crippen molar-refractivity contribution in [1.29, 1.82) is 0 Å². The van der Waals surface area contributed by atoms with Crippen molar-refractivity contribution >= 4 is 10.8 Å². The predicted octanol–water partition coefficient (Wildman–Crippen LogP) is 2.37. The van der Waals surface area contributed by atoms with Crippen LogP contribution >= 0.6 is 0 Å². The summed E-state index contributed by atoms with van der Waals surface area (Å²) in [7, 11) is 1.84. The third-order valence-electron chi connectivity index (χ3n) is 6.82. The summed E-state index contributed by atoms with van der Waals surface area (Å²) in [6, 6.07) is 11.2. The van der Waals surface area contributed by atoms with Crippen molar-refractivity contribution in [3.8, 4) is 0 Å². The molecule has 2 atom stereocenters. The average molecular weight is 446 g/mol. The molecular weight excluding hydrogens is 421 g/mol. The van der Waals surface area contributed by atoms with Gasteiger partial charge >= 0.3 is 0 Å². The van der Waals surface area contributed by atoms with Gasteiger partial charge in [-0.1, -0.05) is 24.3 Å². The van der Waals surface area contributed by atoms with E-state index < -0.39 is 11.4 Å². The zero-order chi connectivity index (χ0) is 22.5. The molecule has 1 saturated heterocycles. The Bertz CT molecular complexity index is 1390. The lowest BCUT2D eigenvalue weighted by atomic mass is 9.87. The van der Waals surface area contributed by atoms with Crippen molar-refractivity contribution < 1.29 is 4.39 Å².